The smallest absolute Gasteiger partial charge is 0.293 e. The van der Waals surface area contributed by atoms with Gasteiger partial charge in [0.15, 0.2) is 23.3 Å². The van der Waals surface area contributed by atoms with Crippen molar-refractivity contribution < 1.29 is 23.2 Å². The number of anilines is 4. The number of carbonyl (C=O) groups excluding carboxylic acids is 3. The summed E-state index contributed by atoms with van der Waals surface area (Å²) in [6.07, 6.45) is 9.28. The second-order valence-electron chi connectivity index (χ2n) is 14.5. The van der Waals surface area contributed by atoms with Crippen molar-refractivity contribution in [1.29, 1.82) is 0 Å². The van der Waals surface area contributed by atoms with Gasteiger partial charge < -0.3 is 35.4 Å². The molecule has 63 heavy (non-hydrogen) atoms. The van der Waals surface area contributed by atoms with Crippen LogP contribution in [-0.4, -0.2) is 112 Å². The first-order chi connectivity index (χ1) is 30.4. The lowest BCUT2D eigenvalue weighted by Gasteiger charge is -2.35. The summed E-state index contributed by atoms with van der Waals surface area (Å²) in [5.74, 6) is -1.67. The monoisotopic (exact) mass is 891 g/mol. The van der Waals surface area contributed by atoms with Gasteiger partial charge in [-0.15, -0.1) is 0 Å². The van der Waals surface area contributed by atoms with E-state index in [0.717, 1.165) is 75.5 Å². The van der Waals surface area contributed by atoms with E-state index in [4.69, 9.17) is 23.2 Å². The fourth-order valence-electron chi connectivity index (χ4n) is 6.74. The van der Waals surface area contributed by atoms with Crippen LogP contribution >= 0.6 is 23.2 Å². The third kappa shape index (κ3) is 11.7. The van der Waals surface area contributed by atoms with Crippen molar-refractivity contribution in [1.82, 2.24) is 40.0 Å². The summed E-state index contributed by atoms with van der Waals surface area (Å²) in [6.45, 7) is 9.86. The highest BCUT2D eigenvalue weighted by Gasteiger charge is 2.20. The normalized spacial score (nSPS) is 14.0. The molecule has 0 saturated carbocycles. The standard InChI is InChI=1S/C22H20BClFN6O2.C21H20ClFN6O/c1-14-26-11-17(12-27-14)22(33)29-21-20(25)8-16(10-28-21)15-6-18(24)9-19(7-15)30-2-4-31(5-3-30)23-13-32;1-13-25-11-16(12-26-13)21(30)28-20-19(23)8-15(10-27-20)14-6-17(22)9-18(7-14)29-4-2-24-3-5-29/h6-13H,2-5H2,1H3,(H,28,29,33);6-12,24H,2-5H2,1H3,(H,27,28,30). The van der Waals surface area contributed by atoms with Crippen LogP contribution in [0.25, 0.3) is 22.3 Å². The molecule has 0 atom stereocenters. The zero-order valence-electron chi connectivity index (χ0n) is 34.2. The number of piperazine rings is 2. The molecule has 2 aromatic carbocycles. The van der Waals surface area contributed by atoms with Gasteiger partial charge in [0.1, 0.15) is 11.6 Å². The van der Waals surface area contributed by atoms with E-state index in [-0.39, 0.29) is 22.8 Å². The fraction of sp³-hybridized carbons (Fsp3) is 0.233. The maximum Gasteiger partial charge on any atom is 0.293 e. The van der Waals surface area contributed by atoms with Crippen molar-refractivity contribution >= 4 is 71.6 Å². The third-order valence-corrected chi connectivity index (χ3v) is 10.5. The van der Waals surface area contributed by atoms with Crippen LogP contribution in [0.1, 0.15) is 32.4 Å². The quantitative estimate of drug-likeness (QED) is 0.106. The van der Waals surface area contributed by atoms with E-state index in [1.807, 2.05) is 29.1 Å². The zero-order valence-corrected chi connectivity index (χ0v) is 35.7. The van der Waals surface area contributed by atoms with E-state index >= 15 is 0 Å². The summed E-state index contributed by atoms with van der Waals surface area (Å²) < 4.78 is 29.4. The van der Waals surface area contributed by atoms with Crippen LogP contribution < -0.4 is 25.8 Å². The van der Waals surface area contributed by atoms with Crippen molar-refractivity contribution in [2.75, 3.05) is 72.8 Å². The number of hydrogen-bond donors (Lipinski definition) is 3. The maximum absolute atomic E-state index is 14.8. The average molecular weight is 893 g/mol. The van der Waals surface area contributed by atoms with Gasteiger partial charge in [0.2, 0.25) is 0 Å². The minimum absolute atomic E-state index is 0.159. The van der Waals surface area contributed by atoms with Crippen molar-refractivity contribution in [2.24, 2.45) is 0 Å². The van der Waals surface area contributed by atoms with Crippen molar-refractivity contribution in [3.8, 4) is 22.3 Å². The Morgan fingerprint density at radius 2 is 1.03 bits per heavy atom. The molecule has 8 rings (SSSR count). The van der Waals surface area contributed by atoms with Crippen molar-refractivity contribution in [3.05, 3.63) is 130 Å². The SMILES string of the molecule is Cc1ncc(C(=O)Nc2ncc(-c3cc(Cl)cc(N4CCN([B]C=O)CC4)c3)cc2F)cn1.Cc1ncc(C(=O)Nc2ncc(-c3cc(Cl)cc(N4CCNCC4)c3)cc2F)cn1. The summed E-state index contributed by atoms with van der Waals surface area (Å²) >= 11 is 12.7. The molecular weight excluding hydrogens is 852 g/mol. The lowest BCUT2D eigenvalue weighted by atomic mass is 9.93. The number of nitrogens with one attached hydrogen (secondary N) is 3. The molecule has 6 heterocycles. The molecule has 2 aliphatic heterocycles. The van der Waals surface area contributed by atoms with Crippen LogP contribution in [0.2, 0.25) is 10.0 Å². The first kappa shape index (κ1) is 44.6. The minimum Gasteiger partial charge on any atom is -0.369 e. The van der Waals surface area contributed by atoms with Crippen LogP contribution in [0.4, 0.5) is 31.8 Å². The van der Waals surface area contributed by atoms with Gasteiger partial charge in [-0.3, -0.25) is 9.59 Å². The van der Waals surface area contributed by atoms with Gasteiger partial charge in [-0.05, 0) is 73.5 Å². The highest BCUT2D eigenvalue weighted by atomic mass is 35.5. The number of nitrogens with zero attached hydrogens (tertiary/aromatic N) is 9. The molecule has 2 saturated heterocycles. The lowest BCUT2D eigenvalue weighted by molar-refractivity contribution is 0.101. The Kier molecular flexibility index (Phi) is 14.6. The number of hydrogen-bond acceptors (Lipinski definition) is 13. The van der Waals surface area contributed by atoms with Gasteiger partial charge in [0, 0.05) is 122 Å². The Balaban J connectivity index is 0.000000190. The summed E-state index contributed by atoms with van der Waals surface area (Å²) in [7, 11) is 1.54. The topological polar surface area (TPSA) is 174 Å². The van der Waals surface area contributed by atoms with Gasteiger partial charge in [-0.1, -0.05) is 23.2 Å². The molecule has 0 spiro atoms. The number of amides is 2. The predicted octanol–water partition coefficient (Wildman–Crippen LogP) is 6.12. The summed E-state index contributed by atoms with van der Waals surface area (Å²) in [5.41, 5.74) is 4.88. The maximum atomic E-state index is 14.8. The van der Waals surface area contributed by atoms with Crippen LogP contribution in [0, 0.1) is 25.5 Å². The predicted molar refractivity (Wildman–Crippen MR) is 240 cm³/mol. The molecule has 4 aromatic heterocycles. The van der Waals surface area contributed by atoms with E-state index in [1.165, 1.54) is 49.3 Å². The molecular formula is C43H40BCl2F2N12O3. The number of benzene rings is 2. The number of pyridine rings is 2. The van der Waals surface area contributed by atoms with Crippen molar-refractivity contribution in [3.63, 3.8) is 0 Å². The molecule has 321 valence electrons. The van der Waals surface area contributed by atoms with E-state index < -0.39 is 23.4 Å². The molecule has 0 bridgehead atoms. The minimum atomic E-state index is -0.673. The molecule has 15 nitrogen and oxygen atoms in total. The van der Waals surface area contributed by atoms with Crippen LogP contribution in [0.3, 0.4) is 0 Å². The van der Waals surface area contributed by atoms with E-state index in [2.05, 4.69) is 55.7 Å². The molecule has 2 fully saturated rings. The molecule has 20 heteroatoms. The molecule has 0 aliphatic carbocycles. The van der Waals surface area contributed by atoms with E-state index in [9.17, 15) is 23.2 Å². The largest absolute Gasteiger partial charge is 0.369 e. The Labute approximate surface area is 372 Å². The van der Waals surface area contributed by atoms with E-state index in [1.54, 1.807) is 33.4 Å². The number of carbonyl (C=O) groups is 3. The summed E-state index contributed by atoms with van der Waals surface area (Å²) in [5, 5.41) is 9.29. The van der Waals surface area contributed by atoms with Crippen LogP contribution in [-0.2, 0) is 4.79 Å². The van der Waals surface area contributed by atoms with Gasteiger partial charge >= 0.3 is 0 Å². The highest BCUT2D eigenvalue weighted by Crippen LogP contribution is 2.32. The van der Waals surface area contributed by atoms with Gasteiger partial charge in [-0.25, -0.2) is 38.7 Å². The fourth-order valence-corrected chi connectivity index (χ4v) is 7.20. The van der Waals surface area contributed by atoms with Crippen molar-refractivity contribution in [2.45, 2.75) is 13.8 Å². The molecule has 3 N–H and O–H groups in total. The average Bonchev–Trinajstić information content (AvgIpc) is 3.28. The first-order valence-electron chi connectivity index (χ1n) is 19.8. The van der Waals surface area contributed by atoms with Gasteiger partial charge in [0.25, 0.3) is 19.2 Å². The first-order valence-corrected chi connectivity index (χ1v) is 20.5. The van der Waals surface area contributed by atoms with Crippen LogP contribution in [0.15, 0.2) is 85.7 Å². The third-order valence-electron chi connectivity index (χ3n) is 10.1. The van der Waals surface area contributed by atoms with Crippen LogP contribution in [0.5, 0.6) is 0 Å². The number of aryl methyl sites for hydroxylation is 2. The Morgan fingerprint density at radius 3 is 1.44 bits per heavy atom. The zero-order chi connectivity index (χ0) is 44.5. The van der Waals surface area contributed by atoms with Gasteiger partial charge in [0.05, 0.1) is 17.3 Å². The summed E-state index contributed by atoms with van der Waals surface area (Å²) in [4.78, 5) is 65.7. The highest BCUT2D eigenvalue weighted by molar-refractivity contribution is 6.64. The Morgan fingerprint density at radius 1 is 0.603 bits per heavy atom. The molecule has 2 amide bonds. The Hall–Kier alpha value is -6.47. The number of aromatic nitrogens is 6. The molecule has 6 aromatic rings. The molecule has 0 unspecified atom stereocenters. The number of halogens is 4. The number of rotatable bonds is 10. The van der Waals surface area contributed by atoms with Gasteiger partial charge in [-0.2, -0.15) is 0 Å². The molecule has 1 radical (unpaired) electrons. The van der Waals surface area contributed by atoms with E-state index in [0.29, 0.717) is 38.4 Å². The summed E-state index contributed by atoms with van der Waals surface area (Å²) in [6, 6.07) is 13.8. The lowest BCUT2D eigenvalue weighted by Crippen LogP contribution is -2.48. The second-order valence-corrected chi connectivity index (χ2v) is 15.4. The molecule has 2 aliphatic rings. The Bertz CT molecular complexity index is 2600. The second kappa shape index (κ2) is 20.6.